The van der Waals surface area contributed by atoms with Gasteiger partial charge in [-0.2, -0.15) is 0 Å². The van der Waals surface area contributed by atoms with Gasteiger partial charge in [0, 0.05) is 0 Å². The van der Waals surface area contributed by atoms with Crippen LogP contribution in [0.3, 0.4) is 0 Å². The first-order chi connectivity index (χ1) is 17.1. The summed E-state index contributed by atoms with van der Waals surface area (Å²) in [5.41, 5.74) is 12.6. The third kappa shape index (κ3) is 7.80. The van der Waals surface area contributed by atoms with E-state index in [0.29, 0.717) is 5.92 Å². The van der Waals surface area contributed by atoms with Gasteiger partial charge in [-0.05, 0) is 89.3 Å². The number of hydrogen-bond acceptors (Lipinski definition) is 0. The van der Waals surface area contributed by atoms with E-state index in [1.807, 2.05) is 0 Å². The van der Waals surface area contributed by atoms with Gasteiger partial charge in [-0.3, -0.25) is 0 Å². The monoisotopic (exact) mass is 533 g/mol. The lowest BCUT2D eigenvalue weighted by Gasteiger charge is -2.38. The average Bonchev–Trinajstić information content (AvgIpc) is 2.68. The first-order valence-electron chi connectivity index (χ1n) is 15.4. The molecule has 1 atom stereocenters. The molecule has 0 aromatic heterocycles. The molecule has 39 heavy (non-hydrogen) atoms. The van der Waals surface area contributed by atoms with Gasteiger partial charge in [0.25, 0.3) is 0 Å². The number of hydrogen-bond donors (Lipinski definition) is 0. The summed E-state index contributed by atoms with van der Waals surface area (Å²) in [6, 6.07) is 10.2. The van der Waals surface area contributed by atoms with Crippen molar-refractivity contribution >= 4 is 0 Å². The third-order valence-corrected chi connectivity index (χ3v) is 8.37. The van der Waals surface area contributed by atoms with Crippen LogP contribution in [-0.2, 0) is 38.9 Å². The molecule has 220 valence electrons. The van der Waals surface area contributed by atoms with E-state index in [-0.39, 0.29) is 32.5 Å². The minimum absolute atomic E-state index is 0.0679. The Hall–Kier alpha value is -1.56. The van der Waals surface area contributed by atoms with E-state index in [4.69, 9.17) is 0 Å². The molecular formula is C39H64. The van der Waals surface area contributed by atoms with Crippen molar-refractivity contribution in [3.63, 3.8) is 0 Å². The van der Waals surface area contributed by atoms with Crippen molar-refractivity contribution in [3.8, 4) is 0 Å². The van der Waals surface area contributed by atoms with Crippen LogP contribution < -0.4 is 0 Å². The summed E-state index contributed by atoms with van der Waals surface area (Å²) in [4.78, 5) is 0. The Bertz CT molecular complexity index is 1120. The molecule has 0 N–H and O–H groups in total. The normalized spacial score (nSPS) is 15.1. The second-order valence-corrected chi connectivity index (χ2v) is 18.6. The largest absolute Gasteiger partial charge is 0.0581 e. The average molecular weight is 533 g/mol. The standard InChI is InChI=1S/C39H64/c1-25(28-21-26(34(2,3)4)24-32(38(14,15)16)33(28)39(17,18)19)20-29-30(36(8,9)10)22-27(35(5,6)7)23-31(29)37(11,12)13/h21-25H,20H2,1-19H3. The Kier molecular flexibility index (Phi) is 8.94. The molecule has 0 heterocycles. The summed E-state index contributed by atoms with van der Waals surface area (Å²) in [5.74, 6) is 0.408. The second-order valence-electron chi connectivity index (χ2n) is 18.6. The van der Waals surface area contributed by atoms with E-state index in [1.165, 1.54) is 27.8 Å². The van der Waals surface area contributed by atoms with Crippen molar-refractivity contribution in [3.05, 3.63) is 68.8 Å². The Balaban J connectivity index is 2.99. The van der Waals surface area contributed by atoms with E-state index in [2.05, 4.69) is 156 Å². The van der Waals surface area contributed by atoms with E-state index in [9.17, 15) is 0 Å². The molecule has 0 aliphatic heterocycles. The lowest BCUT2D eigenvalue weighted by molar-refractivity contribution is 0.507. The summed E-state index contributed by atoms with van der Waals surface area (Å²) < 4.78 is 0. The summed E-state index contributed by atoms with van der Waals surface area (Å²) >= 11 is 0. The molecule has 0 aliphatic rings. The van der Waals surface area contributed by atoms with Crippen molar-refractivity contribution in [1.82, 2.24) is 0 Å². The van der Waals surface area contributed by atoms with Crippen LogP contribution in [0.25, 0.3) is 0 Å². The highest BCUT2D eigenvalue weighted by Crippen LogP contribution is 2.45. The van der Waals surface area contributed by atoms with Crippen molar-refractivity contribution in [1.29, 1.82) is 0 Å². The predicted molar refractivity (Wildman–Crippen MR) is 177 cm³/mol. The molecule has 0 aliphatic carbocycles. The molecule has 0 saturated carbocycles. The van der Waals surface area contributed by atoms with Gasteiger partial charge in [0.05, 0.1) is 0 Å². The molecule has 0 amide bonds. The molecule has 2 aromatic rings. The zero-order chi connectivity index (χ0) is 30.7. The maximum Gasteiger partial charge on any atom is -0.0126 e. The van der Waals surface area contributed by atoms with Crippen molar-refractivity contribution < 1.29 is 0 Å². The summed E-state index contributed by atoms with van der Waals surface area (Å²) in [5, 5.41) is 0. The van der Waals surface area contributed by atoms with Gasteiger partial charge in [0.2, 0.25) is 0 Å². The lowest BCUT2D eigenvalue weighted by atomic mass is 9.67. The molecule has 2 aromatic carbocycles. The fraction of sp³-hybridized carbons (Fsp3) is 0.692. The van der Waals surface area contributed by atoms with Crippen molar-refractivity contribution in [2.24, 2.45) is 0 Å². The molecule has 0 bridgehead atoms. The second kappa shape index (κ2) is 10.4. The van der Waals surface area contributed by atoms with Crippen LogP contribution in [-0.4, -0.2) is 0 Å². The van der Waals surface area contributed by atoms with E-state index in [1.54, 1.807) is 16.7 Å². The van der Waals surface area contributed by atoms with E-state index < -0.39 is 0 Å². The highest BCUT2D eigenvalue weighted by Gasteiger charge is 2.34. The highest BCUT2D eigenvalue weighted by molar-refractivity contribution is 5.52. The first-order valence-corrected chi connectivity index (χ1v) is 15.4. The minimum Gasteiger partial charge on any atom is -0.0581 e. The summed E-state index contributed by atoms with van der Waals surface area (Å²) in [7, 11) is 0. The fourth-order valence-electron chi connectivity index (χ4n) is 5.99. The molecule has 0 fully saturated rings. The predicted octanol–water partition coefficient (Wildman–Crippen LogP) is 11.8. The van der Waals surface area contributed by atoms with Gasteiger partial charge in [-0.1, -0.05) is 156 Å². The fourth-order valence-corrected chi connectivity index (χ4v) is 5.99. The highest BCUT2D eigenvalue weighted by atomic mass is 14.4. The Morgan fingerprint density at radius 2 is 0.769 bits per heavy atom. The number of rotatable bonds is 3. The molecule has 1 unspecified atom stereocenters. The van der Waals surface area contributed by atoms with Crippen LogP contribution in [0, 0.1) is 0 Å². The van der Waals surface area contributed by atoms with Gasteiger partial charge in [-0.25, -0.2) is 0 Å². The molecule has 0 saturated heterocycles. The van der Waals surface area contributed by atoms with Gasteiger partial charge >= 0.3 is 0 Å². The Morgan fingerprint density at radius 3 is 1.08 bits per heavy atom. The Morgan fingerprint density at radius 1 is 0.436 bits per heavy atom. The Labute approximate surface area is 244 Å². The molecule has 0 heteroatoms. The zero-order valence-electron chi connectivity index (χ0n) is 29.6. The van der Waals surface area contributed by atoms with Crippen molar-refractivity contribution in [2.45, 2.75) is 176 Å². The zero-order valence-corrected chi connectivity index (χ0v) is 29.6. The molecular weight excluding hydrogens is 468 g/mol. The van der Waals surface area contributed by atoms with Gasteiger partial charge in [-0.15, -0.1) is 0 Å². The quantitative estimate of drug-likeness (QED) is 0.369. The topological polar surface area (TPSA) is 0 Å². The summed E-state index contributed by atoms with van der Waals surface area (Å²) in [6.07, 6.45) is 1.06. The smallest absolute Gasteiger partial charge is 0.0126 e. The van der Waals surface area contributed by atoms with Gasteiger partial charge < -0.3 is 0 Å². The first kappa shape index (κ1) is 33.6. The maximum absolute atomic E-state index is 2.57. The molecule has 0 spiro atoms. The van der Waals surface area contributed by atoms with Crippen LogP contribution in [0.5, 0.6) is 0 Å². The van der Waals surface area contributed by atoms with E-state index >= 15 is 0 Å². The third-order valence-electron chi connectivity index (χ3n) is 8.37. The van der Waals surface area contributed by atoms with Crippen LogP contribution in [0.1, 0.15) is 182 Å². The maximum atomic E-state index is 2.57. The van der Waals surface area contributed by atoms with Gasteiger partial charge in [0.15, 0.2) is 0 Å². The molecule has 0 nitrogen and oxygen atoms in total. The molecule has 0 radical (unpaired) electrons. The lowest BCUT2D eigenvalue weighted by Crippen LogP contribution is -2.28. The van der Waals surface area contributed by atoms with Crippen LogP contribution in [0.2, 0.25) is 0 Å². The number of benzene rings is 2. The van der Waals surface area contributed by atoms with Gasteiger partial charge in [0.1, 0.15) is 0 Å². The SMILES string of the molecule is CC(Cc1c(C(C)(C)C)cc(C(C)(C)C)cc1C(C)(C)C)c1cc(C(C)(C)C)cc(C(C)(C)C)c1C(C)(C)C. The van der Waals surface area contributed by atoms with E-state index in [0.717, 1.165) is 6.42 Å². The van der Waals surface area contributed by atoms with Crippen LogP contribution in [0.4, 0.5) is 0 Å². The van der Waals surface area contributed by atoms with Crippen LogP contribution >= 0.6 is 0 Å². The van der Waals surface area contributed by atoms with Crippen LogP contribution in [0.15, 0.2) is 24.3 Å². The van der Waals surface area contributed by atoms with Crippen molar-refractivity contribution in [2.75, 3.05) is 0 Å². The minimum atomic E-state index is 0.0679. The molecule has 2 rings (SSSR count). The summed E-state index contributed by atoms with van der Waals surface area (Å²) in [6.45, 7) is 45.4.